The third kappa shape index (κ3) is 3.80. The maximum absolute atomic E-state index is 12.1. The van der Waals surface area contributed by atoms with E-state index in [0.717, 1.165) is 16.9 Å². The van der Waals surface area contributed by atoms with Crippen LogP contribution in [0.1, 0.15) is 22.9 Å². The second-order valence-electron chi connectivity index (χ2n) is 5.87. The zero-order chi connectivity index (χ0) is 17.8. The molecule has 6 nitrogen and oxygen atoms in total. The summed E-state index contributed by atoms with van der Waals surface area (Å²) in [6.07, 6.45) is 3.27. The van der Waals surface area contributed by atoms with Gasteiger partial charge in [-0.1, -0.05) is 18.2 Å². The number of pyridine rings is 1. The minimum Gasteiger partial charge on any atom is -0.497 e. The van der Waals surface area contributed by atoms with E-state index in [4.69, 9.17) is 4.74 Å². The number of nitrogens with zero attached hydrogens (tertiary/aromatic N) is 2. The van der Waals surface area contributed by atoms with Gasteiger partial charge in [-0.2, -0.15) is 0 Å². The molecule has 0 aliphatic carbocycles. The molecule has 0 fully saturated rings. The van der Waals surface area contributed by atoms with Gasteiger partial charge in [0, 0.05) is 25.4 Å². The van der Waals surface area contributed by atoms with Crippen LogP contribution in [0.3, 0.4) is 0 Å². The van der Waals surface area contributed by atoms with Gasteiger partial charge in [0.25, 0.3) is 5.91 Å². The lowest BCUT2D eigenvalue weighted by molar-refractivity contribution is -0.129. The number of carbonyl (C=O) groups excluding carboxylic acids is 1. The molecule has 2 N–H and O–H groups in total. The average Bonchev–Trinajstić information content (AvgIpc) is 3.05. The molecule has 25 heavy (non-hydrogen) atoms. The molecule has 0 aliphatic heterocycles. The van der Waals surface area contributed by atoms with Crippen molar-refractivity contribution in [3.05, 3.63) is 65.6 Å². The Hall–Kier alpha value is -2.86. The number of carbonyl (C=O) groups is 1. The number of methoxy groups -OCH3 is 1. The van der Waals surface area contributed by atoms with Crippen LogP contribution in [0.2, 0.25) is 0 Å². The van der Waals surface area contributed by atoms with E-state index < -0.39 is 12.0 Å². The van der Waals surface area contributed by atoms with Crippen LogP contribution in [0.4, 0.5) is 0 Å². The monoisotopic (exact) mass is 339 g/mol. The predicted molar refractivity (Wildman–Crippen MR) is 94.6 cm³/mol. The quantitative estimate of drug-likeness (QED) is 0.721. The van der Waals surface area contributed by atoms with Gasteiger partial charge in [-0.05, 0) is 36.2 Å². The number of fused-ring (bicyclic) bond motifs is 1. The Morgan fingerprint density at radius 3 is 2.96 bits per heavy atom. The Morgan fingerprint density at radius 1 is 1.36 bits per heavy atom. The molecule has 3 rings (SSSR count). The molecule has 2 heterocycles. The molecule has 6 heteroatoms. The van der Waals surface area contributed by atoms with Crippen molar-refractivity contribution in [3.63, 3.8) is 0 Å². The number of nitrogens with one attached hydrogen (secondary N) is 1. The van der Waals surface area contributed by atoms with Crippen LogP contribution in [0.15, 0.2) is 48.8 Å². The fraction of sp³-hybridized carbons (Fsp3) is 0.263. The lowest BCUT2D eigenvalue weighted by Gasteiger charge is -2.12. The van der Waals surface area contributed by atoms with E-state index in [-0.39, 0.29) is 0 Å². The highest BCUT2D eigenvalue weighted by molar-refractivity contribution is 5.82. The van der Waals surface area contributed by atoms with Gasteiger partial charge in [0.15, 0.2) is 6.10 Å². The number of amides is 1. The molecule has 3 aromatic rings. The number of aliphatic hydroxyl groups is 1. The minimum atomic E-state index is -1.22. The number of aliphatic hydroxyl groups excluding tert-OH is 1. The summed E-state index contributed by atoms with van der Waals surface area (Å²) in [7, 11) is 1.54. The van der Waals surface area contributed by atoms with Crippen molar-refractivity contribution in [2.45, 2.75) is 19.4 Å². The Balaban J connectivity index is 1.58. The molecule has 0 unspecified atom stereocenters. The first-order valence-corrected chi connectivity index (χ1v) is 8.11. The molecule has 1 atom stereocenters. The van der Waals surface area contributed by atoms with Crippen LogP contribution in [-0.4, -0.2) is 34.1 Å². The first-order chi connectivity index (χ1) is 12.1. The second kappa shape index (κ2) is 7.36. The van der Waals surface area contributed by atoms with Gasteiger partial charge >= 0.3 is 0 Å². The van der Waals surface area contributed by atoms with E-state index >= 15 is 0 Å². The molecule has 0 saturated heterocycles. The predicted octanol–water partition coefficient (Wildman–Crippen LogP) is 2.04. The number of aryl methyl sites for hydroxylation is 1. The molecule has 0 radical (unpaired) electrons. The first-order valence-electron chi connectivity index (χ1n) is 8.11. The minimum absolute atomic E-state index is 0.406. The van der Waals surface area contributed by atoms with Crippen molar-refractivity contribution < 1.29 is 14.6 Å². The topological polar surface area (TPSA) is 75.9 Å². The summed E-state index contributed by atoms with van der Waals surface area (Å²) in [5.74, 6) is 0.164. The van der Waals surface area contributed by atoms with Gasteiger partial charge in [0.1, 0.15) is 11.4 Å². The maximum Gasteiger partial charge on any atom is 0.253 e. The molecule has 1 amide bonds. The molecule has 2 aromatic heterocycles. The van der Waals surface area contributed by atoms with Gasteiger partial charge in [0.2, 0.25) is 0 Å². The highest BCUT2D eigenvalue weighted by Crippen LogP contribution is 2.19. The van der Waals surface area contributed by atoms with Crippen LogP contribution in [-0.2, 0) is 11.2 Å². The maximum atomic E-state index is 12.1. The Labute approximate surface area is 146 Å². The van der Waals surface area contributed by atoms with Crippen LogP contribution >= 0.6 is 0 Å². The number of rotatable bonds is 6. The summed E-state index contributed by atoms with van der Waals surface area (Å²) >= 11 is 0. The number of hydrogen-bond donors (Lipinski definition) is 2. The van der Waals surface area contributed by atoms with Gasteiger partial charge in [0.05, 0.1) is 12.8 Å². The molecule has 0 bridgehead atoms. The SMILES string of the molecule is COc1cccc([C@@H](O)C(=O)NCCc2cn3cccc(C)c3n2)c1. The zero-order valence-corrected chi connectivity index (χ0v) is 14.3. The molecular formula is C19H21N3O3. The smallest absolute Gasteiger partial charge is 0.253 e. The molecular weight excluding hydrogens is 318 g/mol. The van der Waals surface area contributed by atoms with Crippen LogP contribution in [0, 0.1) is 6.92 Å². The number of aromatic nitrogens is 2. The summed E-state index contributed by atoms with van der Waals surface area (Å²) in [6, 6.07) is 10.8. The fourth-order valence-corrected chi connectivity index (χ4v) is 2.70. The summed E-state index contributed by atoms with van der Waals surface area (Å²) in [6.45, 7) is 2.42. The Bertz CT molecular complexity index is 889. The lowest BCUT2D eigenvalue weighted by Crippen LogP contribution is -2.31. The summed E-state index contributed by atoms with van der Waals surface area (Å²) in [5, 5.41) is 12.9. The molecule has 0 aliphatic rings. The first kappa shape index (κ1) is 17.0. The standard InChI is InChI=1S/C19H21N3O3/c1-13-5-4-10-22-12-15(21-18(13)22)8-9-20-19(24)17(23)14-6-3-7-16(11-14)25-2/h3-7,10-12,17,23H,8-9H2,1-2H3,(H,20,24)/t17-/m1/s1. The van der Waals surface area contributed by atoms with Crippen molar-refractivity contribution in [3.8, 4) is 5.75 Å². The molecule has 130 valence electrons. The van der Waals surface area contributed by atoms with Crippen LogP contribution in [0.25, 0.3) is 5.65 Å². The van der Waals surface area contributed by atoms with Crippen LogP contribution in [0.5, 0.6) is 5.75 Å². The van der Waals surface area contributed by atoms with E-state index in [1.54, 1.807) is 31.4 Å². The Morgan fingerprint density at radius 2 is 2.20 bits per heavy atom. The average molecular weight is 339 g/mol. The number of imidazole rings is 1. The van der Waals surface area contributed by atoms with E-state index in [2.05, 4.69) is 10.3 Å². The summed E-state index contributed by atoms with van der Waals surface area (Å²) in [5.41, 5.74) is 3.41. The number of hydrogen-bond acceptors (Lipinski definition) is 4. The highest BCUT2D eigenvalue weighted by Gasteiger charge is 2.17. The normalized spacial score (nSPS) is 12.1. The zero-order valence-electron chi connectivity index (χ0n) is 14.3. The van der Waals surface area contributed by atoms with Gasteiger partial charge < -0.3 is 19.6 Å². The third-order valence-electron chi connectivity index (χ3n) is 4.07. The van der Waals surface area contributed by atoms with Crippen molar-refractivity contribution in [1.82, 2.24) is 14.7 Å². The molecule has 0 saturated carbocycles. The van der Waals surface area contributed by atoms with Gasteiger partial charge in [-0.15, -0.1) is 0 Å². The summed E-state index contributed by atoms with van der Waals surface area (Å²) in [4.78, 5) is 16.7. The summed E-state index contributed by atoms with van der Waals surface area (Å²) < 4.78 is 7.08. The van der Waals surface area contributed by atoms with Crippen molar-refractivity contribution in [2.75, 3.05) is 13.7 Å². The highest BCUT2D eigenvalue weighted by atomic mass is 16.5. The molecule has 0 spiro atoms. The van der Waals surface area contributed by atoms with Crippen molar-refractivity contribution in [1.29, 1.82) is 0 Å². The van der Waals surface area contributed by atoms with E-state index in [1.807, 2.05) is 35.9 Å². The van der Waals surface area contributed by atoms with Gasteiger partial charge in [-0.3, -0.25) is 4.79 Å². The Kier molecular flexibility index (Phi) is 5.00. The van der Waals surface area contributed by atoms with E-state index in [9.17, 15) is 9.90 Å². The molecule has 1 aromatic carbocycles. The second-order valence-corrected chi connectivity index (χ2v) is 5.87. The van der Waals surface area contributed by atoms with E-state index in [0.29, 0.717) is 24.3 Å². The van der Waals surface area contributed by atoms with Gasteiger partial charge in [-0.25, -0.2) is 4.98 Å². The van der Waals surface area contributed by atoms with Crippen LogP contribution < -0.4 is 10.1 Å². The van der Waals surface area contributed by atoms with Crippen molar-refractivity contribution >= 4 is 11.6 Å². The third-order valence-corrected chi connectivity index (χ3v) is 4.07. The largest absolute Gasteiger partial charge is 0.497 e. The van der Waals surface area contributed by atoms with Crippen molar-refractivity contribution in [2.24, 2.45) is 0 Å². The number of benzene rings is 1. The lowest BCUT2D eigenvalue weighted by atomic mass is 10.1. The van der Waals surface area contributed by atoms with E-state index in [1.165, 1.54) is 0 Å². The fourth-order valence-electron chi connectivity index (χ4n) is 2.70. The number of ether oxygens (including phenoxy) is 1.